The fraction of sp³-hybridized carbons (Fsp3) is 0.567. The number of rotatable bonds is 7. The fourth-order valence-corrected chi connectivity index (χ4v) is 6.16. The maximum atomic E-state index is 12.6. The Hall–Kier alpha value is -2.65. The van der Waals surface area contributed by atoms with E-state index in [0.717, 1.165) is 24.2 Å². The summed E-state index contributed by atoms with van der Waals surface area (Å²) in [6.45, 7) is 13.1. The van der Waals surface area contributed by atoms with Gasteiger partial charge in [-0.15, -0.1) is 0 Å². The van der Waals surface area contributed by atoms with Gasteiger partial charge in [0.1, 0.15) is 11.2 Å². The SMILES string of the molecule is CC(C)c1ccc(C(O)(c2cncc(-c3nc(C4(O)CCOCC4)n(C(C)C)n3)c2)C2(C)CN(C)C2)cc1. The molecule has 2 aromatic heterocycles. The van der Waals surface area contributed by atoms with Crippen LogP contribution in [0.1, 0.15) is 81.9 Å². The Morgan fingerprint density at radius 3 is 2.24 bits per heavy atom. The topological polar surface area (TPSA) is 96.5 Å². The minimum absolute atomic E-state index is 0.0232. The lowest BCUT2D eigenvalue weighted by molar-refractivity contribution is -0.127. The van der Waals surface area contributed by atoms with Crippen molar-refractivity contribution in [3.05, 3.63) is 65.2 Å². The number of hydrogen-bond donors (Lipinski definition) is 2. The minimum Gasteiger partial charge on any atom is -0.382 e. The standard InChI is InChI=1S/C30H41N5O3/c1-20(2)22-7-9-24(10-8-22)30(37,28(5)18-34(6)19-28)25-15-23(16-31-17-25)26-32-27(35(33-26)21(3)4)29(36)11-13-38-14-12-29/h7-10,15-17,20-21,36-37H,11-14,18-19H2,1-6H3. The Balaban J connectivity index is 1.60. The van der Waals surface area contributed by atoms with Crippen molar-refractivity contribution in [1.82, 2.24) is 24.6 Å². The summed E-state index contributed by atoms with van der Waals surface area (Å²) in [7, 11) is 2.07. The molecule has 0 radical (unpaired) electrons. The largest absolute Gasteiger partial charge is 0.382 e. The van der Waals surface area contributed by atoms with Crippen LogP contribution in [0.3, 0.4) is 0 Å². The molecule has 0 spiro atoms. The van der Waals surface area contributed by atoms with E-state index in [-0.39, 0.29) is 6.04 Å². The van der Waals surface area contributed by atoms with E-state index in [4.69, 9.17) is 14.8 Å². The van der Waals surface area contributed by atoms with Crippen LogP contribution >= 0.6 is 0 Å². The molecule has 1 atom stereocenters. The second-order valence-corrected chi connectivity index (χ2v) is 12.1. The van der Waals surface area contributed by atoms with Gasteiger partial charge in [0.15, 0.2) is 11.6 Å². The summed E-state index contributed by atoms with van der Waals surface area (Å²) in [6.07, 6.45) is 4.46. The second kappa shape index (κ2) is 9.83. The van der Waals surface area contributed by atoms with Crippen molar-refractivity contribution in [1.29, 1.82) is 0 Å². The molecular weight excluding hydrogens is 478 g/mol. The van der Waals surface area contributed by atoms with Crippen molar-refractivity contribution in [3.63, 3.8) is 0 Å². The maximum absolute atomic E-state index is 12.6. The molecule has 4 heterocycles. The highest BCUT2D eigenvalue weighted by Crippen LogP contribution is 2.50. The van der Waals surface area contributed by atoms with Crippen molar-refractivity contribution in [2.45, 2.75) is 70.6 Å². The van der Waals surface area contributed by atoms with Crippen LogP contribution < -0.4 is 0 Å². The molecule has 2 aliphatic rings. The number of aromatic nitrogens is 4. The first kappa shape index (κ1) is 26.9. The highest BCUT2D eigenvalue weighted by molar-refractivity contribution is 5.56. The van der Waals surface area contributed by atoms with Gasteiger partial charge in [-0.2, -0.15) is 5.10 Å². The summed E-state index contributed by atoms with van der Waals surface area (Å²) in [4.78, 5) is 11.6. The summed E-state index contributed by atoms with van der Waals surface area (Å²) in [5, 5.41) is 28.8. The number of hydrogen-bond acceptors (Lipinski definition) is 7. The summed E-state index contributed by atoms with van der Waals surface area (Å²) >= 11 is 0. The molecule has 38 heavy (non-hydrogen) atoms. The van der Waals surface area contributed by atoms with Crippen LogP contribution in [0.4, 0.5) is 0 Å². The van der Waals surface area contributed by atoms with Gasteiger partial charge in [0.25, 0.3) is 0 Å². The third-order valence-corrected chi connectivity index (χ3v) is 8.38. The van der Waals surface area contributed by atoms with Crippen LogP contribution in [-0.2, 0) is 15.9 Å². The smallest absolute Gasteiger partial charge is 0.183 e. The molecule has 5 rings (SSSR count). The third kappa shape index (κ3) is 4.47. The number of benzene rings is 1. The van der Waals surface area contributed by atoms with Crippen LogP contribution in [0, 0.1) is 5.41 Å². The molecule has 2 N–H and O–H groups in total. The van der Waals surface area contributed by atoms with Crippen molar-refractivity contribution in [2.24, 2.45) is 5.41 Å². The molecule has 204 valence electrons. The highest BCUT2D eigenvalue weighted by Gasteiger charge is 2.55. The van der Waals surface area contributed by atoms with Gasteiger partial charge in [0.05, 0.1) is 0 Å². The number of aliphatic hydroxyl groups is 2. The molecule has 1 aromatic carbocycles. The Morgan fingerprint density at radius 1 is 1.00 bits per heavy atom. The monoisotopic (exact) mass is 519 g/mol. The van der Waals surface area contributed by atoms with E-state index < -0.39 is 16.6 Å². The average molecular weight is 520 g/mol. The van der Waals surface area contributed by atoms with Crippen LogP contribution in [0.2, 0.25) is 0 Å². The van der Waals surface area contributed by atoms with Crippen molar-refractivity contribution < 1.29 is 14.9 Å². The van der Waals surface area contributed by atoms with Gasteiger partial charge < -0.3 is 19.8 Å². The van der Waals surface area contributed by atoms with E-state index in [1.807, 2.05) is 24.6 Å². The minimum atomic E-state index is -1.25. The van der Waals surface area contributed by atoms with Crippen LogP contribution in [0.5, 0.6) is 0 Å². The summed E-state index contributed by atoms with van der Waals surface area (Å²) < 4.78 is 7.30. The highest BCUT2D eigenvalue weighted by atomic mass is 16.5. The zero-order valence-corrected chi connectivity index (χ0v) is 23.5. The van der Waals surface area contributed by atoms with E-state index >= 15 is 0 Å². The summed E-state index contributed by atoms with van der Waals surface area (Å²) in [6, 6.07) is 10.3. The van der Waals surface area contributed by atoms with E-state index in [0.29, 0.717) is 49.2 Å². The molecule has 8 nitrogen and oxygen atoms in total. The predicted octanol–water partition coefficient (Wildman–Crippen LogP) is 4.23. The summed E-state index contributed by atoms with van der Waals surface area (Å²) in [5.74, 6) is 1.47. The zero-order valence-electron chi connectivity index (χ0n) is 23.5. The summed E-state index contributed by atoms with van der Waals surface area (Å²) in [5.41, 5.74) is 0.800. The van der Waals surface area contributed by atoms with E-state index in [1.165, 1.54) is 5.56 Å². The molecule has 0 aliphatic carbocycles. The van der Waals surface area contributed by atoms with E-state index in [2.05, 4.69) is 62.0 Å². The van der Waals surface area contributed by atoms with Gasteiger partial charge in [-0.25, -0.2) is 9.67 Å². The number of pyridine rings is 1. The lowest BCUT2D eigenvalue weighted by atomic mass is 9.62. The predicted molar refractivity (Wildman–Crippen MR) is 147 cm³/mol. The molecule has 3 aromatic rings. The van der Waals surface area contributed by atoms with Gasteiger partial charge in [-0.3, -0.25) is 4.98 Å². The number of ether oxygens (including phenoxy) is 1. The van der Waals surface area contributed by atoms with Crippen molar-refractivity contribution >= 4 is 0 Å². The van der Waals surface area contributed by atoms with Gasteiger partial charge in [0, 0.05) is 74.1 Å². The second-order valence-electron chi connectivity index (χ2n) is 12.1. The van der Waals surface area contributed by atoms with Crippen molar-refractivity contribution in [3.8, 4) is 11.4 Å². The lowest BCUT2D eigenvalue weighted by Crippen LogP contribution is -2.63. The first-order valence-corrected chi connectivity index (χ1v) is 13.7. The molecule has 1 unspecified atom stereocenters. The fourth-order valence-electron chi connectivity index (χ4n) is 6.16. The van der Waals surface area contributed by atoms with Gasteiger partial charge in [-0.05, 0) is 44.0 Å². The Kier molecular flexibility index (Phi) is 6.97. The quantitative estimate of drug-likeness (QED) is 0.482. The molecule has 2 aliphatic heterocycles. The normalized spacial score (nSPS) is 20.9. The molecule has 0 bridgehead atoms. The molecular formula is C30H41N5O3. The molecule has 0 amide bonds. The van der Waals surface area contributed by atoms with Gasteiger partial charge in [0.2, 0.25) is 0 Å². The maximum Gasteiger partial charge on any atom is 0.183 e. The van der Waals surface area contributed by atoms with Gasteiger partial charge >= 0.3 is 0 Å². The first-order chi connectivity index (χ1) is 18.0. The number of likely N-dealkylation sites (tertiary alicyclic amines) is 1. The molecule has 8 heteroatoms. The Morgan fingerprint density at radius 2 is 1.66 bits per heavy atom. The van der Waals surface area contributed by atoms with Crippen LogP contribution in [0.25, 0.3) is 11.4 Å². The molecule has 0 saturated carbocycles. The lowest BCUT2D eigenvalue weighted by Gasteiger charge is -2.55. The zero-order chi connectivity index (χ0) is 27.3. The van der Waals surface area contributed by atoms with E-state index in [9.17, 15) is 10.2 Å². The first-order valence-electron chi connectivity index (χ1n) is 13.7. The van der Waals surface area contributed by atoms with Crippen LogP contribution in [0.15, 0.2) is 42.7 Å². The third-order valence-electron chi connectivity index (χ3n) is 8.38. The Bertz CT molecular complexity index is 1270. The average Bonchev–Trinajstić information content (AvgIpc) is 3.35. The molecule has 2 saturated heterocycles. The van der Waals surface area contributed by atoms with Crippen LogP contribution in [-0.4, -0.2) is 68.2 Å². The van der Waals surface area contributed by atoms with Gasteiger partial charge in [-0.1, -0.05) is 45.0 Å². The van der Waals surface area contributed by atoms with Crippen molar-refractivity contribution in [2.75, 3.05) is 33.4 Å². The Labute approximate surface area is 225 Å². The van der Waals surface area contributed by atoms with E-state index in [1.54, 1.807) is 12.4 Å². The number of nitrogens with zero attached hydrogens (tertiary/aromatic N) is 5. The molecule has 2 fully saturated rings.